The third kappa shape index (κ3) is 6.78. The van der Waals surface area contributed by atoms with Gasteiger partial charge in [0.05, 0.1) is 11.3 Å². The Morgan fingerprint density at radius 2 is 1.39 bits per heavy atom. The molecule has 0 fully saturated rings. The van der Waals surface area contributed by atoms with Gasteiger partial charge in [-0.3, -0.25) is 9.52 Å². The second-order valence-corrected chi connectivity index (χ2v) is 8.14. The summed E-state index contributed by atoms with van der Waals surface area (Å²) in [6.07, 6.45) is 0.00153. The number of anilines is 1. The fraction of sp³-hybridized carbons (Fsp3) is 0.136. The van der Waals surface area contributed by atoms with Crippen molar-refractivity contribution in [3.05, 3.63) is 90.0 Å². The summed E-state index contributed by atoms with van der Waals surface area (Å²) in [4.78, 5) is 11.9. The third-order valence-electron chi connectivity index (χ3n) is 4.11. The molecule has 0 heterocycles. The molecule has 9 heteroatoms. The summed E-state index contributed by atoms with van der Waals surface area (Å²) in [5.74, 6) is -0.899. The van der Waals surface area contributed by atoms with E-state index in [0.29, 0.717) is 17.0 Å². The topological polar surface area (TPSA) is 81.7 Å². The van der Waals surface area contributed by atoms with Crippen molar-refractivity contribution in [1.82, 2.24) is 0 Å². The molecule has 0 atom stereocenters. The van der Waals surface area contributed by atoms with Crippen molar-refractivity contribution in [2.75, 3.05) is 17.9 Å². The minimum Gasteiger partial charge on any atom is -0.490 e. The van der Waals surface area contributed by atoms with E-state index in [1.165, 1.54) is 48.5 Å². The summed E-state index contributed by atoms with van der Waals surface area (Å²) in [7, 11) is -3.85. The predicted octanol–water partition coefficient (Wildman–Crippen LogP) is 3.93. The molecular weight excluding hydrogens is 428 g/mol. The van der Waals surface area contributed by atoms with Gasteiger partial charge >= 0.3 is 5.97 Å². The zero-order valence-electron chi connectivity index (χ0n) is 16.3. The van der Waals surface area contributed by atoms with Crippen LogP contribution in [0.1, 0.15) is 5.56 Å². The van der Waals surface area contributed by atoms with Crippen molar-refractivity contribution in [3.63, 3.8) is 0 Å². The van der Waals surface area contributed by atoms with Gasteiger partial charge in [0.2, 0.25) is 0 Å². The first-order valence-corrected chi connectivity index (χ1v) is 10.7. The highest BCUT2D eigenvalue weighted by Crippen LogP contribution is 2.17. The molecule has 0 saturated carbocycles. The lowest BCUT2D eigenvalue weighted by atomic mass is 10.1. The molecule has 1 N–H and O–H groups in total. The van der Waals surface area contributed by atoms with Crippen molar-refractivity contribution in [1.29, 1.82) is 0 Å². The molecule has 3 rings (SSSR count). The molecule has 0 aliphatic carbocycles. The number of ether oxygens (including phenoxy) is 2. The number of esters is 1. The number of halogens is 2. The number of sulfonamides is 1. The van der Waals surface area contributed by atoms with Gasteiger partial charge in [0, 0.05) is 5.69 Å². The molecule has 6 nitrogen and oxygen atoms in total. The fourth-order valence-corrected chi connectivity index (χ4v) is 3.64. The van der Waals surface area contributed by atoms with E-state index in [1.54, 1.807) is 12.1 Å². The molecular formula is C22H19F2NO5S. The maximum Gasteiger partial charge on any atom is 0.310 e. The quantitative estimate of drug-likeness (QED) is 0.397. The number of benzene rings is 3. The molecule has 0 radical (unpaired) electrons. The first kappa shape index (κ1) is 22.2. The van der Waals surface area contributed by atoms with E-state index < -0.39 is 21.8 Å². The molecule has 0 aliphatic rings. The molecule has 0 unspecified atom stereocenters. The van der Waals surface area contributed by atoms with Crippen molar-refractivity contribution < 1.29 is 31.5 Å². The van der Waals surface area contributed by atoms with Crippen molar-refractivity contribution in [2.24, 2.45) is 0 Å². The zero-order valence-corrected chi connectivity index (χ0v) is 17.1. The van der Waals surface area contributed by atoms with Crippen LogP contribution >= 0.6 is 0 Å². The fourth-order valence-electron chi connectivity index (χ4n) is 2.58. The number of carbonyl (C=O) groups is 1. The number of nitrogens with one attached hydrogen (secondary N) is 1. The largest absolute Gasteiger partial charge is 0.490 e. The number of carbonyl (C=O) groups excluding carboxylic acids is 1. The van der Waals surface area contributed by atoms with Crippen LogP contribution in [0.25, 0.3) is 0 Å². The Labute approximate surface area is 178 Å². The highest BCUT2D eigenvalue weighted by atomic mass is 32.2. The second-order valence-electron chi connectivity index (χ2n) is 6.46. The summed E-state index contributed by atoms with van der Waals surface area (Å²) >= 11 is 0. The highest BCUT2D eigenvalue weighted by Gasteiger charge is 2.14. The van der Waals surface area contributed by atoms with Gasteiger partial charge in [0.15, 0.2) is 0 Å². The van der Waals surface area contributed by atoms with Gasteiger partial charge in [-0.25, -0.2) is 17.2 Å². The number of hydrogen-bond donors (Lipinski definition) is 1. The van der Waals surface area contributed by atoms with Crippen molar-refractivity contribution >= 4 is 21.7 Å². The molecule has 3 aromatic carbocycles. The van der Waals surface area contributed by atoms with Crippen LogP contribution in [0.5, 0.6) is 5.75 Å². The molecule has 162 valence electrons. The standard InChI is InChI=1S/C22H19F2NO5S/c23-17-3-9-20(10-4-17)29-13-14-30-22(26)15-16-1-7-19(8-2-16)25-31(27,28)21-11-5-18(24)6-12-21/h1-12,25H,13-15H2. The maximum atomic E-state index is 13.0. The van der Waals surface area contributed by atoms with Gasteiger partial charge in [0.25, 0.3) is 10.0 Å². The van der Waals surface area contributed by atoms with Crippen LogP contribution in [-0.4, -0.2) is 27.6 Å². The minimum atomic E-state index is -3.85. The van der Waals surface area contributed by atoms with E-state index in [9.17, 15) is 22.0 Å². The summed E-state index contributed by atoms with van der Waals surface area (Å²) in [6.45, 7) is 0.160. The average Bonchev–Trinajstić information content (AvgIpc) is 2.74. The molecule has 3 aromatic rings. The molecule has 0 spiro atoms. The Kier molecular flexibility index (Phi) is 7.19. The molecule has 0 amide bonds. The Morgan fingerprint density at radius 3 is 2.00 bits per heavy atom. The van der Waals surface area contributed by atoms with Crippen molar-refractivity contribution in [2.45, 2.75) is 11.3 Å². The van der Waals surface area contributed by atoms with Crippen LogP contribution in [-0.2, 0) is 26.0 Å². The molecule has 0 aromatic heterocycles. The van der Waals surface area contributed by atoms with Gasteiger partial charge in [-0.1, -0.05) is 12.1 Å². The monoisotopic (exact) mass is 447 g/mol. The maximum absolute atomic E-state index is 13.0. The molecule has 0 bridgehead atoms. The van der Waals surface area contributed by atoms with Gasteiger partial charge in [0.1, 0.15) is 30.6 Å². The summed E-state index contributed by atoms with van der Waals surface area (Å²) in [5.41, 5.74) is 0.934. The molecule has 31 heavy (non-hydrogen) atoms. The van der Waals surface area contributed by atoms with E-state index in [-0.39, 0.29) is 30.3 Å². The van der Waals surface area contributed by atoms with Crippen molar-refractivity contribution in [3.8, 4) is 5.75 Å². The lowest BCUT2D eigenvalue weighted by molar-refractivity contribution is -0.143. The van der Waals surface area contributed by atoms with Crippen LogP contribution in [0.4, 0.5) is 14.5 Å². The van der Waals surface area contributed by atoms with Crippen LogP contribution in [0.3, 0.4) is 0 Å². The minimum absolute atomic E-state index is 0.00153. The first-order chi connectivity index (χ1) is 14.8. The second kappa shape index (κ2) is 10.0. The van der Waals surface area contributed by atoms with Gasteiger partial charge in [-0.2, -0.15) is 0 Å². The van der Waals surface area contributed by atoms with Gasteiger partial charge in [-0.05, 0) is 66.2 Å². The Bertz CT molecular complexity index is 1120. The van der Waals surface area contributed by atoms with Crippen LogP contribution < -0.4 is 9.46 Å². The Balaban J connectivity index is 1.45. The zero-order chi connectivity index (χ0) is 22.3. The smallest absolute Gasteiger partial charge is 0.310 e. The van der Waals surface area contributed by atoms with Gasteiger partial charge < -0.3 is 9.47 Å². The predicted molar refractivity (Wildman–Crippen MR) is 110 cm³/mol. The molecule has 0 saturated heterocycles. The third-order valence-corrected chi connectivity index (χ3v) is 5.50. The first-order valence-electron chi connectivity index (χ1n) is 9.23. The number of rotatable bonds is 9. The average molecular weight is 447 g/mol. The summed E-state index contributed by atoms with van der Waals surface area (Å²) in [6, 6.07) is 16.2. The highest BCUT2D eigenvalue weighted by molar-refractivity contribution is 7.92. The normalized spacial score (nSPS) is 11.0. The number of hydrogen-bond acceptors (Lipinski definition) is 5. The summed E-state index contributed by atoms with van der Waals surface area (Å²) < 4.78 is 63.2. The van der Waals surface area contributed by atoms with E-state index >= 15 is 0 Å². The van der Waals surface area contributed by atoms with E-state index in [1.807, 2.05) is 0 Å². The lowest BCUT2D eigenvalue weighted by Crippen LogP contribution is -2.14. The van der Waals surface area contributed by atoms with E-state index in [4.69, 9.17) is 9.47 Å². The Hall–Kier alpha value is -3.46. The van der Waals surface area contributed by atoms with Crippen LogP contribution in [0.2, 0.25) is 0 Å². The van der Waals surface area contributed by atoms with Gasteiger partial charge in [-0.15, -0.1) is 0 Å². The van der Waals surface area contributed by atoms with Crippen LogP contribution in [0.15, 0.2) is 77.7 Å². The molecule has 0 aliphatic heterocycles. The SMILES string of the molecule is O=C(Cc1ccc(NS(=O)(=O)c2ccc(F)cc2)cc1)OCCOc1ccc(F)cc1. The summed E-state index contributed by atoms with van der Waals surface area (Å²) in [5, 5.41) is 0. The Morgan fingerprint density at radius 1 is 0.806 bits per heavy atom. The lowest BCUT2D eigenvalue weighted by Gasteiger charge is -2.09. The van der Waals surface area contributed by atoms with E-state index in [0.717, 1.165) is 12.1 Å². The van der Waals surface area contributed by atoms with Crippen LogP contribution in [0, 0.1) is 11.6 Å². The van der Waals surface area contributed by atoms with E-state index in [2.05, 4.69) is 4.72 Å².